The van der Waals surface area contributed by atoms with E-state index in [1.165, 1.54) is 0 Å². The Bertz CT molecular complexity index is 412. The molecule has 0 aromatic rings. The maximum Gasteiger partial charge on any atom is 0.333 e. The first-order valence-corrected chi connectivity index (χ1v) is 2.22. The second kappa shape index (κ2) is 2.86. The van der Waals surface area contributed by atoms with Crippen molar-refractivity contribution in [3.05, 3.63) is 12.2 Å². The maximum absolute atomic E-state index is 11.7. The van der Waals surface area contributed by atoms with Crippen molar-refractivity contribution >= 4 is 5.97 Å². The lowest BCUT2D eigenvalue weighted by Crippen LogP contribution is -2.23. The molecule has 0 amide bonds. The first kappa shape index (κ1) is 1.52. The Hall–Kier alpha value is -0.790. The van der Waals surface area contributed by atoms with Crippen molar-refractivity contribution in [2.45, 2.75) is 33.0 Å². The molecule has 0 rings (SSSR count). The van der Waals surface area contributed by atoms with Gasteiger partial charge in [0.2, 0.25) is 0 Å². The third-order valence-corrected chi connectivity index (χ3v) is 0.492. The van der Waals surface area contributed by atoms with Crippen molar-refractivity contribution in [1.29, 1.82) is 0 Å². The minimum Gasteiger partial charge on any atom is -0.457 e. The van der Waals surface area contributed by atoms with Crippen LogP contribution in [-0.2, 0) is 9.53 Å². The lowest BCUT2D eigenvalue weighted by molar-refractivity contribution is -0.149. The fraction of sp³-hybridized carbons (Fsp3) is 0.625. The monoisotopic (exact) mass is 154 g/mol. The van der Waals surface area contributed by atoms with Gasteiger partial charge >= 0.3 is 5.97 Å². The summed E-state index contributed by atoms with van der Waals surface area (Å²) in [5.41, 5.74) is -5.10. The Kier molecular flexibility index (Phi) is 0.435. The van der Waals surface area contributed by atoms with Crippen LogP contribution < -0.4 is 0 Å². The van der Waals surface area contributed by atoms with Gasteiger partial charge in [0.25, 0.3) is 0 Å². The van der Waals surface area contributed by atoms with Crippen LogP contribution in [0.4, 0.5) is 0 Å². The van der Waals surface area contributed by atoms with Crippen LogP contribution in [0.1, 0.15) is 43.9 Å². The Morgan fingerprint density at radius 1 is 1.60 bits per heavy atom. The van der Waals surface area contributed by atoms with E-state index in [-0.39, 0.29) is 0 Å². The highest BCUT2D eigenvalue weighted by atomic mass is 16.6. The van der Waals surface area contributed by atoms with E-state index >= 15 is 0 Å². The summed E-state index contributed by atoms with van der Waals surface area (Å²) < 4.78 is 89.9. The van der Waals surface area contributed by atoms with E-state index in [0.29, 0.717) is 0 Å². The summed E-state index contributed by atoms with van der Waals surface area (Å²) in [6.07, 6.45) is 0. The predicted molar refractivity (Wildman–Crippen MR) is 40.7 cm³/mol. The van der Waals surface area contributed by atoms with Crippen LogP contribution in [-0.4, -0.2) is 11.6 Å². The zero-order chi connectivity index (χ0) is 18.4. The molecule has 0 spiro atoms. The SMILES string of the molecule is [2H]C([2H])([2H])C(=C)C(=O)OC(C([2H])([2H])[2H])(C([2H])([2H])[2H])C([2H])([2H])[2H]. The maximum atomic E-state index is 11.7. The molecule has 0 saturated heterocycles. The van der Waals surface area contributed by atoms with Gasteiger partial charge in [-0.2, -0.15) is 0 Å². The molecule has 0 radical (unpaired) electrons. The molecule has 0 aliphatic carbocycles. The lowest BCUT2D eigenvalue weighted by atomic mass is 10.2. The molecule has 0 atom stereocenters. The van der Waals surface area contributed by atoms with Crippen LogP contribution in [0.25, 0.3) is 0 Å². The normalized spacial score (nSPS) is 33.6. The largest absolute Gasteiger partial charge is 0.457 e. The molecule has 10 heavy (non-hydrogen) atoms. The van der Waals surface area contributed by atoms with E-state index in [9.17, 15) is 4.79 Å². The zero-order valence-electron chi connectivity index (χ0n) is 17.0. The van der Waals surface area contributed by atoms with E-state index in [0.717, 1.165) is 0 Å². The molecule has 0 saturated carbocycles. The molecule has 0 aromatic carbocycles. The molecule has 0 aromatic heterocycles. The summed E-state index contributed by atoms with van der Waals surface area (Å²) in [5.74, 6) is -1.93. The van der Waals surface area contributed by atoms with E-state index in [1.807, 2.05) is 0 Å². The number of esters is 1. The number of carbonyl (C=O) groups excluding carboxylic acids is 1. The molecule has 0 unspecified atom stereocenters. The Labute approximate surface area is 78.7 Å². The standard InChI is InChI=1S/C8H14O2/c1-6(2)7(9)10-8(3,4)5/h1H2,2-5H3/i2D3,3D3,4D3,5D3. The molecule has 0 bridgehead atoms. The van der Waals surface area contributed by atoms with Crippen molar-refractivity contribution in [3.63, 3.8) is 0 Å². The highest BCUT2D eigenvalue weighted by Gasteiger charge is 2.15. The van der Waals surface area contributed by atoms with E-state index < -0.39 is 44.6 Å². The number of hydrogen-bond donors (Lipinski definition) is 0. The Morgan fingerprint density at radius 3 is 2.60 bits per heavy atom. The summed E-state index contributed by atoms with van der Waals surface area (Å²) in [6.45, 7) is -11.5. The second-order valence-corrected chi connectivity index (χ2v) is 1.55. The summed E-state index contributed by atoms with van der Waals surface area (Å²) in [7, 11) is 0. The Balaban J connectivity index is 6.16. The molecule has 0 aliphatic heterocycles. The molecule has 58 valence electrons. The van der Waals surface area contributed by atoms with E-state index in [4.69, 9.17) is 16.4 Å². The molecular weight excluding hydrogens is 128 g/mol. The van der Waals surface area contributed by atoms with Crippen LogP contribution in [0.5, 0.6) is 0 Å². The van der Waals surface area contributed by atoms with Gasteiger partial charge in [0, 0.05) is 22.0 Å². The van der Waals surface area contributed by atoms with Crippen molar-refractivity contribution in [2.24, 2.45) is 0 Å². The van der Waals surface area contributed by atoms with Gasteiger partial charge < -0.3 is 4.74 Å². The van der Waals surface area contributed by atoms with Gasteiger partial charge in [0.1, 0.15) is 5.60 Å². The average molecular weight is 154 g/mol. The molecule has 0 N–H and O–H groups in total. The van der Waals surface area contributed by atoms with Crippen LogP contribution in [0, 0.1) is 0 Å². The van der Waals surface area contributed by atoms with Crippen molar-refractivity contribution in [1.82, 2.24) is 0 Å². The van der Waals surface area contributed by atoms with Gasteiger partial charge in [0.05, 0.1) is 0 Å². The molecule has 0 heterocycles. The average Bonchev–Trinajstić information content (AvgIpc) is 2.17. The third-order valence-electron chi connectivity index (χ3n) is 0.492. The second-order valence-electron chi connectivity index (χ2n) is 1.55. The van der Waals surface area contributed by atoms with Crippen LogP contribution >= 0.6 is 0 Å². The van der Waals surface area contributed by atoms with Gasteiger partial charge in [-0.15, -0.1) is 0 Å². The smallest absolute Gasteiger partial charge is 0.333 e. The van der Waals surface area contributed by atoms with Gasteiger partial charge in [-0.3, -0.25) is 0 Å². The minimum absolute atomic E-state index is 1.23. The van der Waals surface area contributed by atoms with Crippen molar-refractivity contribution < 1.29 is 26.0 Å². The number of rotatable bonds is 1. The van der Waals surface area contributed by atoms with E-state index in [2.05, 4.69) is 11.3 Å². The highest BCUT2D eigenvalue weighted by molar-refractivity contribution is 5.87. The molecule has 2 nitrogen and oxygen atoms in total. The minimum atomic E-state index is -3.88. The number of hydrogen-bond acceptors (Lipinski definition) is 2. The number of carbonyl (C=O) groups is 1. The van der Waals surface area contributed by atoms with Crippen LogP contribution in [0.2, 0.25) is 0 Å². The molecular formula is C8H14O2. The first-order chi connectivity index (χ1) is 9.29. The van der Waals surface area contributed by atoms with Gasteiger partial charge in [0.15, 0.2) is 0 Å². The molecule has 0 fully saturated rings. The first-order valence-electron chi connectivity index (χ1n) is 8.22. The van der Waals surface area contributed by atoms with Gasteiger partial charge in [-0.25, -0.2) is 4.79 Å². The summed E-state index contributed by atoms with van der Waals surface area (Å²) in [4.78, 5) is 11.7. The number of ether oxygens (including phenoxy) is 1. The molecule has 2 heteroatoms. The van der Waals surface area contributed by atoms with E-state index in [1.54, 1.807) is 0 Å². The zero-order valence-corrected chi connectivity index (χ0v) is 5.02. The van der Waals surface area contributed by atoms with Gasteiger partial charge in [-0.05, 0) is 27.4 Å². The quantitative estimate of drug-likeness (QED) is 0.426. The van der Waals surface area contributed by atoms with Crippen LogP contribution in [0.3, 0.4) is 0 Å². The topological polar surface area (TPSA) is 26.3 Å². The Morgan fingerprint density at radius 2 is 2.20 bits per heavy atom. The fourth-order valence-electron chi connectivity index (χ4n) is 0.201. The van der Waals surface area contributed by atoms with Crippen LogP contribution in [0.15, 0.2) is 12.2 Å². The highest BCUT2D eigenvalue weighted by Crippen LogP contribution is 2.09. The van der Waals surface area contributed by atoms with Crippen molar-refractivity contribution in [3.8, 4) is 0 Å². The lowest BCUT2D eigenvalue weighted by Gasteiger charge is -2.19. The summed E-state index contributed by atoms with van der Waals surface area (Å²) in [6, 6.07) is 0. The third kappa shape index (κ3) is 4.13. The fourth-order valence-corrected chi connectivity index (χ4v) is 0.201. The summed E-state index contributed by atoms with van der Waals surface area (Å²) >= 11 is 0. The summed E-state index contributed by atoms with van der Waals surface area (Å²) in [5, 5.41) is 0. The van der Waals surface area contributed by atoms with Gasteiger partial charge in [-0.1, -0.05) is 6.58 Å². The van der Waals surface area contributed by atoms with Crippen molar-refractivity contribution in [2.75, 3.05) is 0 Å². The predicted octanol–water partition coefficient (Wildman–Crippen LogP) is 1.90. The molecule has 0 aliphatic rings.